The highest BCUT2D eigenvalue weighted by Gasteiger charge is 2.06. The molecule has 0 bridgehead atoms. The van der Waals surface area contributed by atoms with Crippen LogP contribution in [0.2, 0.25) is 5.02 Å². The third-order valence-electron chi connectivity index (χ3n) is 3.72. The van der Waals surface area contributed by atoms with Gasteiger partial charge in [-0.15, -0.1) is 0 Å². The van der Waals surface area contributed by atoms with Crippen LogP contribution in [0, 0.1) is 5.82 Å². The van der Waals surface area contributed by atoms with Gasteiger partial charge in [-0.05, 0) is 41.8 Å². The van der Waals surface area contributed by atoms with Gasteiger partial charge in [-0.2, -0.15) is 0 Å². The Balaban J connectivity index is 1.54. The molecule has 1 heterocycles. The van der Waals surface area contributed by atoms with Gasteiger partial charge in [-0.1, -0.05) is 29.8 Å². The van der Waals surface area contributed by atoms with Crippen molar-refractivity contribution in [2.45, 2.75) is 12.8 Å². The molecule has 0 aliphatic heterocycles. The van der Waals surface area contributed by atoms with Crippen LogP contribution >= 0.6 is 11.6 Å². The average molecular weight is 331 g/mol. The van der Waals surface area contributed by atoms with Crippen molar-refractivity contribution >= 4 is 28.4 Å². The summed E-state index contributed by atoms with van der Waals surface area (Å²) in [5.41, 5.74) is 2.93. The van der Waals surface area contributed by atoms with E-state index in [1.54, 1.807) is 12.1 Å². The molecule has 2 aromatic carbocycles. The first-order chi connectivity index (χ1) is 11.1. The second kappa shape index (κ2) is 6.84. The van der Waals surface area contributed by atoms with E-state index in [0.717, 1.165) is 28.5 Å². The summed E-state index contributed by atoms with van der Waals surface area (Å²) in [6.45, 7) is 0.551. The van der Waals surface area contributed by atoms with Crippen LogP contribution in [-0.4, -0.2) is 17.4 Å². The van der Waals surface area contributed by atoms with Gasteiger partial charge in [0, 0.05) is 28.7 Å². The molecule has 0 aliphatic rings. The number of amides is 1. The lowest BCUT2D eigenvalue weighted by molar-refractivity contribution is -0.120. The molecule has 1 aromatic heterocycles. The van der Waals surface area contributed by atoms with Crippen LogP contribution in [0.5, 0.6) is 0 Å². The molecule has 0 aliphatic carbocycles. The molecule has 118 valence electrons. The van der Waals surface area contributed by atoms with Gasteiger partial charge in [0.25, 0.3) is 0 Å². The summed E-state index contributed by atoms with van der Waals surface area (Å²) in [7, 11) is 0. The van der Waals surface area contributed by atoms with Crippen LogP contribution in [0.15, 0.2) is 48.7 Å². The van der Waals surface area contributed by atoms with Crippen LogP contribution < -0.4 is 5.32 Å². The van der Waals surface area contributed by atoms with Crippen molar-refractivity contribution in [3.63, 3.8) is 0 Å². The molecule has 0 saturated carbocycles. The second-order valence-electron chi connectivity index (χ2n) is 5.41. The largest absolute Gasteiger partial charge is 0.361 e. The van der Waals surface area contributed by atoms with Gasteiger partial charge in [0.1, 0.15) is 5.82 Å². The fourth-order valence-electron chi connectivity index (χ4n) is 2.55. The molecule has 0 atom stereocenters. The third kappa shape index (κ3) is 3.90. The number of carbonyl (C=O) groups excluding carboxylic acids is 1. The number of aromatic nitrogens is 1. The highest BCUT2D eigenvalue weighted by atomic mass is 35.5. The lowest BCUT2D eigenvalue weighted by atomic mass is 10.1. The molecule has 0 saturated heterocycles. The summed E-state index contributed by atoms with van der Waals surface area (Å²) >= 11 is 5.96. The van der Waals surface area contributed by atoms with Gasteiger partial charge in [0.05, 0.1) is 6.42 Å². The monoisotopic (exact) mass is 330 g/mol. The smallest absolute Gasteiger partial charge is 0.224 e. The SMILES string of the molecule is O=C(Cc1ccc(F)cc1)NCCc1c[nH]c2cc(Cl)ccc12. The van der Waals surface area contributed by atoms with E-state index in [1.165, 1.54) is 12.1 Å². The highest BCUT2D eigenvalue weighted by molar-refractivity contribution is 6.31. The van der Waals surface area contributed by atoms with Crippen molar-refractivity contribution in [1.29, 1.82) is 0 Å². The number of aromatic amines is 1. The molecule has 0 unspecified atom stereocenters. The van der Waals surface area contributed by atoms with Gasteiger partial charge in [0.15, 0.2) is 0 Å². The summed E-state index contributed by atoms with van der Waals surface area (Å²) in [6.07, 6.45) is 2.92. The number of nitrogens with one attached hydrogen (secondary N) is 2. The standard InChI is InChI=1S/C18H16ClFN2O/c19-14-3-6-16-13(11-22-17(16)10-14)7-8-21-18(23)9-12-1-4-15(20)5-2-12/h1-6,10-11,22H,7-9H2,(H,21,23). The van der Waals surface area contributed by atoms with E-state index in [1.807, 2.05) is 24.4 Å². The lowest BCUT2D eigenvalue weighted by Crippen LogP contribution is -2.27. The van der Waals surface area contributed by atoms with Crippen molar-refractivity contribution in [1.82, 2.24) is 10.3 Å². The quantitative estimate of drug-likeness (QED) is 0.733. The molecule has 3 nitrogen and oxygen atoms in total. The number of halogens is 2. The van der Waals surface area contributed by atoms with E-state index >= 15 is 0 Å². The molecule has 3 aromatic rings. The Labute approximate surface area is 138 Å². The van der Waals surface area contributed by atoms with Gasteiger partial charge in [-0.3, -0.25) is 4.79 Å². The van der Waals surface area contributed by atoms with Gasteiger partial charge in [-0.25, -0.2) is 4.39 Å². The lowest BCUT2D eigenvalue weighted by Gasteiger charge is -2.05. The molecular formula is C18H16ClFN2O. The molecule has 23 heavy (non-hydrogen) atoms. The average Bonchev–Trinajstić information content (AvgIpc) is 2.92. The summed E-state index contributed by atoms with van der Waals surface area (Å²) in [6, 6.07) is 11.7. The highest BCUT2D eigenvalue weighted by Crippen LogP contribution is 2.22. The minimum Gasteiger partial charge on any atom is -0.361 e. The van der Waals surface area contributed by atoms with Crippen LogP contribution in [-0.2, 0) is 17.6 Å². The molecule has 3 rings (SSSR count). The Morgan fingerprint density at radius 1 is 1.17 bits per heavy atom. The maximum Gasteiger partial charge on any atom is 0.224 e. The summed E-state index contributed by atoms with van der Waals surface area (Å²) < 4.78 is 12.8. The van der Waals surface area contributed by atoms with Crippen LogP contribution in [0.4, 0.5) is 4.39 Å². The van der Waals surface area contributed by atoms with E-state index in [-0.39, 0.29) is 18.1 Å². The number of rotatable bonds is 5. The first-order valence-electron chi connectivity index (χ1n) is 7.38. The molecule has 0 spiro atoms. The van der Waals surface area contributed by atoms with Crippen molar-refractivity contribution in [2.24, 2.45) is 0 Å². The number of hydrogen-bond acceptors (Lipinski definition) is 1. The van der Waals surface area contributed by atoms with E-state index in [2.05, 4.69) is 10.3 Å². The van der Waals surface area contributed by atoms with Gasteiger partial charge in [0.2, 0.25) is 5.91 Å². The van der Waals surface area contributed by atoms with Crippen molar-refractivity contribution < 1.29 is 9.18 Å². The molecule has 0 radical (unpaired) electrons. The fourth-order valence-corrected chi connectivity index (χ4v) is 2.72. The number of hydrogen-bond donors (Lipinski definition) is 2. The third-order valence-corrected chi connectivity index (χ3v) is 3.96. The topological polar surface area (TPSA) is 44.9 Å². The molecule has 5 heteroatoms. The molecule has 1 amide bonds. The fraction of sp³-hybridized carbons (Fsp3) is 0.167. The Kier molecular flexibility index (Phi) is 4.63. The number of fused-ring (bicyclic) bond motifs is 1. The van der Waals surface area contributed by atoms with Crippen LogP contribution in [0.1, 0.15) is 11.1 Å². The van der Waals surface area contributed by atoms with E-state index in [0.29, 0.717) is 11.6 Å². The van der Waals surface area contributed by atoms with Crippen LogP contribution in [0.25, 0.3) is 10.9 Å². The van der Waals surface area contributed by atoms with Crippen molar-refractivity contribution in [3.8, 4) is 0 Å². The van der Waals surface area contributed by atoms with E-state index in [4.69, 9.17) is 11.6 Å². The zero-order chi connectivity index (χ0) is 16.2. The molecular weight excluding hydrogens is 315 g/mol. The Morgan fingerprint density at radius 3 is 2.74 bits per heavy atom. The van der Waals surface area contributed by atoms with E-state index < -0.39 is 0 Å². The predicted octanol–water partition coefficient (Wildman–Crippen LogP) is 3.86. The maximum atomic E-state index is 12.8. The summed E-state index contributed by atoms with van der Waals surface area (Å²) in [5, 5.41) is 4.69. The number of H-pyrrole nitrogens is 1. The minimum atomic E-state index is -0.298. The normalized spacial score (nSPS) is 10.9. The van der Waals surface area contributed by atoms with Gasteiger partial charge < -0.3 is 10.3 Å². The Hall–Kier alpha value is -2.33. The Bertz CT molecular complexity index is 827. The first kappa shape index (κ1) is 15.6. The second-order valence-corrected chi connectivity index (χ2v) is 5.84. The predicted molar refractivity (Wildman–Crippen MR) is 90.1 cm³/mol. The summed E-state index contributed by atoms with van der Waals surface area (Å²) in [4.78, 5) is 15.1. The van der Waals surface area contributed by atoms with Crippen molar-refractivity contribution in [3.05, 3.63) is 70.6 Å². The minimum absolute atomic E-state index is 0.0699. The zero-order valence-corrected chi connectivity index (χ0v) is 13.2. The van der Waals surface area contributed by atoms with E-state index in [9.17, 15) is 9.18 Å². The maximum absolute atomic E-state index is 12.8. The molecule has 2 N–H and O–H groups in total. The Morgan fingerprint density at radius 2 is 1.96 bits per heavy atom. The van der Waals surface area contributed by atoms with Crippen LogP contribution in [0.3, 0.4) is 0 Å². The van der Waals surface area contributed by atoms with Gasteiger partial charge >= 0.3 is 0 Å². The number of benzene rings is 2. The number of carbonyl (C=O) groups is 1. The van der Waals surface area contributed by atoms with Crippen molar-refractivity contribution in [2.75, 3.05) is 6.54 Å². The first-order valence-corrected chi connectivity index (χ1v) is 7.76. The molecule has 0 fully saturated rings. The summed E-state index contributed by atoms with van der Waals surface area (Å²) in [5.74, 6) is -0.368. The zero-order valence-electron chi connectivity index (χ0n) is 12.4.